The highest BCUT2D eigenvalue weighted by atomic mass is 35.5. The molecule has 0 aliphatic carbocycles. The Labute approximate surface area is 136 Å². The zero-order valence-corrected chi connectivity index (χ0v) is 13.4. The molecule has 6 heteroatoms. The lowest BCUT2D eigenvalue weighted by atomic mass is 10.2. The van der Waals surface area contributed by atoms with Gasteiger partial charge >= 0.3 is 0 Å². The van der Waals surface area contributed by atoms with E-state index >= 15 is 0 Å². The smallest absolute Gasteiger partial charge is 0.120 e. The van der Waals surface area contributed by atoms with Crippen molar-refractivity contribution >= 4 is 51.7 Å². The van der Waals surface area contributed by atoms with Gasteiger partial charge in [-0.15, -0.1) is 0 Å². The summed E-state index contributed by atoms with van der Waals surface area (Å²) < 4.78 is 8.52. The minimum Gasteiger partial charge on any atom is -0.497 e. The first kappa shape index (κ1) is 14.4. The molecule has 108 valence electrons. The molecule has 0 aliphatic heterocycles. The summed E-state index contributed by atoms with van der Waals surface area (Å²) in [7, 11) is 1.65. The Hall–Kier alpha value is -1.49. The Morgan fingerprint density at radius 3 is 2.81 bits per heavy atom. The maximum Gasteiger partial charge on any atom is 0.120 e. The molecule has 0 spiro atoms. The first-order valence-corrected chi connectivity index (χ1v) is 7.78. The van der Waals surface area contributed by atoms with Crippen molar-refractivity contribution in [2.75, 3.05) is 11.8 Å². The first-order chi connectivity index (χ1) is 10.2. The van der Waals surface area contributed by atoms with Gasteiger partial charge in [0.1, 0.15) is 5.75 Å². The van der Waals surface area contributed by atoms with Crippen LogP contribution in [0.1, 0.15) is 0 Å². The molecule has 0 bridgehead atoms. The van der Waals surface area contributed by atoms with E-state index in [-0.39, 0.29) is 0 Å². The van der Waals surface area contributed by atoms with Gasteiger partial charge in [0.25, 0.3) is 0 Å². The minimum atomic E-state index is 0.616. The van der Waals surface area contributed by atoms with E-state index < -0.39 is 0 Å². The second kappa shape index (κ2) is 6.10. The van der Waals surface area contributed by atoms with Crippen LogP contribution in [-0.4, -0.2) is 12.1 Å². The number of fused-ring (bicyclic) bond motifs is 1. The van der Waals surface area contributed by atoms with Crippen molar-refractivity contribution in [1.29, 1.82) is 0 Å². The quantitative estimate of drug-likeness (QED) is 0.607. The molecule has 3 aromatic rings. The van der Waals surface area contributed by atoms with Crippen LogP contribution in [0, 0.1) is 0 Å². The molecule has 0 amide bonds. The van der Waals surface area contributed by atoms with Gasteiger partial charge in [0, 0.05) is 16.5 Å². The molecule has 0 atom stereocenters. The van der Waals surface area contributed by atoms with Gasteiger partial charge in [0.15, 0.2) is 0 Å². The number of ether oxygens (including phenoxy) is 1. The summed E-state index contributed by atoms with van der Waals surface area (Å²) in [6.45, 7) is 0. The van der Waals surface area contributed by atoms with Crippen LogP contribution in [0.15, 0.2) is 47.5 Å². The predicted octanol–water partition coefficient (Wildman–Crippen LogP) is 5.60. The van der Waals surface area contributed by atoms with E-state index in [0.717, 1.165) is 27.2 Å². The molecule has 21 heavy (non-hydrogen) atoms. The number of aromatic amines is 1. The van der Waals surface area contributed by atoms with Crippen molar-refractivity contribution in [3.8, 4) is 5.75 Å². The molecule has 3 nitrogen and oxygen atoms in total. The maximum atomic E-state index is 6.18. The van der Waals surface area contributed by atoms with E-state index in [0.29, 0.717) is 10.0 Å². The number of hydrogen-bond donors (Lipinski definition) is 2. The first-order valence-electron chi connectivity index (χ1n) is 6.21. The molecule has 3 rings (SSSR count). The molecule has 2 aromatic carbocycles. The second-order valence-electron chi connectivity index (χ2n) is 4.36. The maximum absolute atomic E-state index is 6.18. The highest BCUT2D eigenvalue weighted by molar-refractivity contribution is 8.00. The monoisotopic (exact) mass is 338 g/mol. The highest BCUT2D eigenvalue weighted by Crippen LogP contribution is 2.36. The van der Waals surface area contributed by atoms with E-state index in [1.807, 2.05) is 36.4 Å². The van der Waals surface area contributed by atoms with Gasteiger partial charge in [-0.1, -0.05) is 29.3 Å². The number of rotatable bonds is 4. The average Bonchev–Trinajstić information content (AvgIpc) is 2.90. The Balaban J connectivity index is 1.87. The van der Waals surface area contributed by atoms with Crippen molar-refractivity contribution in [1.82, 2.24) is 4.98 Å². The Bertz CT molecular complexity index is 788. The van der Waals surface area contributed by atoms with Crippen LogP contribution in [0.25, 0.3) is 10.9 Å². The number of benzene rings is 2. The molecular formula is C15H12Cl2N2OS. The largest absolute Gasteiger partial charge is 0.497 e. The lowest BCUT2D eigenvalue weighted by Gasteiger charge is -2.08. The molecule has 0 fully saturated rings. The number of methoxy groups -OCH3 is 1. The highest BCUT2D eigenvalue weighted by Gasteiger charge is 2.10. The van der Waals surface area contributed by atoms with E-state index in [2.05, 4.69) is 9.71 Å². The van der Waals surface area contributed by atoms with Crippen LogP contribution in [0.2, 0.25) is 10.0 Å². The third kappa shape index (κ3) is 2.93. The molecule has 0 saturated heterocycles. The summed E-state index contributed by atoms with van der Waals surface area (Å²) in [6.07, 6.45) is 1.74. The third-order valence-electron chi connectivity index (χ3n) is 3.06. The fourth-order valence-corrected chi connectivity index (χ4v) is 3.31. The van der Waals surface area contributed by atoms with Gasteiger partial charge < -0.3 is 14.4 Å². The van der Waals surface area contributed by atoms with Crippen molar-refractivity contribution in [2.24, 2.45) is 0 Å². The fourth-order valence-electron chi connectivity index (χ4n) is 2.03. The van der Waals surface area contributed by atoms with Crippen LogP contribution in [0.5, 0.6) is 5.75 Å². The van der Waals surface area contributed by atoms with Crippen molar-refractivity contribution in [3.05, 3.63) is 52.6 Å². The van der Waals surface area contributed by atoms with Crippen LogP contribution in [0.4, 0.5) is 5.69 Å². The number of halogens is 2. The van der Waals surface area contributed by atoms with Crippen LogP contribution in [-0.2, 0) is 0 Å². The van der Waals surface area contributed by atoms with Crippen molar-refractivity contribution in [3.63, 3.8) is 0 Å². The van der Waals surface area contributed by atoms with E-state index in [4.69, 9.17) is 27.9 Å². The predicted molar refractivity (Wildman–Crippen MR) is 90.8 cm³/mol. The van der Waals surface area contributed by atoms with Crippen molar-refractivity contribution < 1.29 is 4.74 Å². The minimum absolute atomic E-state index is 0.616. The zero-order valence-electron chi connectivity index (χ0n) is 11.1. The van der Waals surface area contributed by atoms with Gasteiger partial charge in [-0.25, -0.2) is 0 Å². The normalized spacial score (nSPS) is 10.8. The molecule has 0 unspecified atom stereocenters. The van der Waals surface area contributed by atoms with E-state index in [1.54, 1.807) is 13.3 Å². The number of H-pyrrole nitrogens is 1. The van der Waals surface area contributed by atoms with Gasteiger partial charge in [-0.2, -0.15) is 0 Å². The lowest BCUT2D eigenvalue weighted by Crippen LogP contribution is -1.89. The molecule has 0 aliphatic rings. The number of hydrogen-bond acceptors (Lipinski definition) is 3. The molecule has 1 heterocycles. The molecule has 0 saturated carbocycles. The molecular weight excluding hydrogens is 327 g/mol. The lowest BCUT2D eigenvalue weighted by molar-refractivity contribution is 0.413. The molecule has 1 aromatic heterocycles. The SMILES string of the molecule is COc1cccc(SNc2ccc(Cl)c3c(Cl)c[nH]c23)c1. The van der Waals surface area contributed by atoms with E-state index in [1.165, 1.54) is 11.9 Å². The van der Waals surface area contributed by atoms with Crippen LogP contribution < -0.4 is 9.46 Å². The van der Waals surface area contributed by atoms with E-state index in [9.17, 15) is 0 Å². The van der Waals surface area contributed by atoms with Gasteiger partial charge in [-0.3, -0.25) is 0 Å². The summed E-state index contributed by atoms with van der Waals surface area (Å²) in [5, 5.41) is 2.08. The number of aromatic nitrogens is 1. The topological polar surface area (TPSA) is 37.0 Å². The fraction of sp³-hybridized carbons (Fsp3) is 0.0667. The van der Waals surface area contributed by atoms with Gasteiger partial charge in [0.2, 0.25) is 0 Å². The Kier molecular flexibility index (Phi) is 4.19. The Morgan fingerprint density at radius 2 is 2.00 bits per heavy atom. The number of anilines is 1. The zero-order chi connectivity index (χ0) is 14.8. The third-order valence-corrected chi connectivity index (χ3v) is 4.48. The van der Waals surface area contributed by atoms with Gasteiger partial charge in [-0.05, 0) is 42.3 Å². The summed E-state index contributed by atoms with van der Waals surface area (Å²) in [4.78, 5) is 4.19. The molecule has 0 radical (unpaired) electrons. The second-order valence-corrected chi connectivity index (χ2v) is 6.06. The number of nitrogens with one attached hydrogen (secondary N) is 2. The van der Waals surface area contributed by atoms with Crippen molar-refractivity contribution in [2.45, 2.75) is 4.90 Å². The average molecular weight is 339 g/mol. The summed E-state index contributed by atoms with van der Waals surface area (Å²) in [5.41, 5.74) is 1.82. The van der Waals surface area contributed by atoms with Gasteiger partial charge in [0.05, 0.1) is 28.4 Å². The summed E-state index contributed by atoms with van der Waals surface area (Å²) >= 11 is 13.8. The Morgan fingerprint density at radius 1 is 1.14 bits per heavy atom. The van der Waals surface area contributed by atoms with Crippen LogP contribution in [0.3, 0.4) is 0 Å². The molecule has 2 N–H and O–H groups in total. The standard InChI is InChI=1S/C15H12Cl2N2OS/c1-20-9-3-2-4-10(7-9)21-19-13-6-5-11(16)14-12(17)8-18-15(13)14/h2-8,18-19H,1H3. The summed E-state index contributed by atoms with van der Waals surface area (Å²) in [6, 6.07) is 11.6. The summed E-state index contributed by atoms with van der Waals surface area (Å²) in [5.74, 6) is 0.825. The van der Waals surface area contributed by atoms with Crippen LogP contribution >= 0.6 is 35.1 Å².